The first-order valence-corrected chi connectivity index (χ1v) is 5.68. The maximum Gasteiger partial charge on any atom is 0.213 e. The van der Waals surface area contributed by atoms with Crippen LogP contribution in [0.4, 0.5) is 0 Å². The molecular weight excluding hydrogens is 224 g/mol. The molecule has 2 rings (SSSR count). The topological polar surface area (TPSA) is 59.9 Å². The summed E-state index contributed by atoms with van der Waals surface area (Å²) >= 11 is 1.36. The van der Waals surface area contributed by atoms with Gasteiger partial charge in [0, 0.05) is 24.5 Å². The van der Waals surface area contributed by atoms with Crippen molar-refractivity contribution in [1.29, 1.82) is 0 Å². The summed E-state index contributed by atoms with van der Waals surface area (Å²) in [6, 6.07) is 5.70. The minimum Gasteiger partial charge on any atom is -0.481 e. The van der Waals surface area contributed by atoms with Gasteiger partial charge in [-0.1, -0.05) is 10.6 Å². The number of methoxy groups -OCH3 is 1. The van der Waals surface area contributed by atoms with Gasteiger partial charge in [-0.3, -0.25) is 0 Å². The van der Waals surface area contributed by atoms with Crippen LogP contribution in [-0.2, 0) is 13.1 Å². The first kappa shape index (κ1) is 11.0. The molecule has 0 aromatic carbocycles. The summed E-state index contributed by atoms with van der Waals surface area (Å²) in [6.07, 6.45) is 0. The number of nitrogens with zero attached hydrogens (tertiary/aromatic N) is 3. The number of hydrogen-bond acceptors (Lipinski definition) is 6. The number of hydrogen-bond donors (Lipinski definition) is 1. The van der Waals surface area contributed by atoms with Gasteiger partial charge in [0.15, 0.2) is 0 Å². The molecule has 16 heavy (non-hydrogen) atoms. The Kier molecular flexibility index (Phi) is 3.79. The van der Waals surface area contributed by atoms with Crippen molar-refractivity contribution in [2.45, 2.75) is 13.1 Å². The summed E-state index contributed by atoms with van der Waals surface area (Å²) in [4.78, 5) is 4.29. The fraction of sp³-hybridized carbons (Fsp3) is 0.300. The van der Waals surface area contributed by atoms with Gasteiger partial charge in [-0.25, -0.2) is 4.98 Å². The van der Waals surface area contributed by atoms with Crippen molar-refractivity contribution >= 4 is 11.5 Å². The third-order valence-electron chi connectivity index (χ3n) is 2.01. The maximum absolute atomic E-state index is 5.05. The van der Waals surface area contributed by atoms with Gasteiger partial charge in [-0.2, -0.15) is 0 Å². The highest BCUT2D eigenvalue weighted by Gasteiger charge is 1.99. The lowest BCUT2D eigenvalue weighted by atomic mass is 10.3. The highest BCUT2D eigenvalue weighted by atomic mass is 32.1. The molecule has 6 heteroatoms. The Labute approximate surface area is 97.7 Å². The summed E-state index contributed by atoms with van der Waals surface area (Å²) in [5.41, 5.74) is 1.90. The largest absolute Gasteiger partial charge is 0.481 e. The maximum atomic E-state index is 5.05. The third kappa shape index (κ3) is 2.98. The molecule has 0 saturated heterocycles. The second-order valence-corrected chi connectivity index (χ2v) is 3.78. The van der Waals surface area contributed by atoms with E-state index < -0.39 is 0 Å². The van der Waals surface area contributed by atoms with E-state index in [1.54, 1.807) is 7.11 Å². The normalized spacial score (nSPS) is 10.3. The molecule has 0 amide bonds. The van der Waals surface area contributed by atoms with E-state index in [0.717, 1.165) is 11.4 Å². The minimum absolute atomic E-state index is 0.634. The average molecular weight is 236 g/mol. The molecule has 5 nitrogen and oxygen atoms in total. The number of rotatable bonds is 5. The molecule has 0 fully saturated rings. The second-order valence-electron chi connectivity index (χ2n) is 3.17. The van der Waals surface area contributed by atoms with Crippen LogP contribution in [0.3, 0.4) is 0 Å². The van der Waals surface area contributed by atoms with Crippen LogP contribution in [0.5, 0.6) is 5.88 Å². The Morgan fingerprint density at radius 1 is 1.31 bits per heavy atom. The fourth-order valence-corrected chi connectivity index (χ4v) is 1.70. The van der Waals surface area contributed by atoms with Crippen LogP contribution in [0.1, 0.15) is 11.4 Å². The molecule has 0 atom stereocenters. The Balaban J connectivity index is 1.85. The van der Waals surface area contributed by atoms with E-state index in [2.05, 4.69) is 19.9 Å². The minimum atomic E-state index is 0.634. The van der Waals surface area contributed by atoms with Crippen LogP contribution < -0.4 is 10.1 Å². The number of aromatic nitrogens is 3. The van der Waals surface area contributed by atoms with Crippen LogP contribution in [0.2, 0.25) is 0 Å². The van der Waals surface area contributed by atoms with Gasteiger partial charge in [0.2, 0.25) is 5.88 Å². The van der Waals surface area contributed by atoms with Gasteiger partial charge in [0.1, 0.15) is 0 Å². The monoisotopic (exact) mass is 236 g/mol. The molecule has 0 bridgehead atoms. The highest BCUT2D eigenvalue weighted by molar-refractivity contribution is 7.03. The van der Waals surface area contributed by atoms with Crippen molar-refractivity contribution in [2.75, 3.05) is 7.11 Å². The molecule has 0 unspecified atom stereocenters. The van der Waals surface area contributed by atoms with E-state index in [0.29, 0.717) is 19.0 Å². The molecular formula is C10H12N4OS. The van der Waals surface area contributed by atoms with Gasteiger partial charge in [-0.15, -0.1) is 5.10 Å². The van der Waals surface area contributed by atoms with E-state index in [-0.39, 0.29) is 0 Å². The van der Waals surface area contributed by atoms with Gasteiger partial charge in [0.05, 0.1) is 18.5 Å². The van der Waals surface area contributed by atoms with E-state index in [1.165, 1.54) is 11.5 Å². The lowest BCUT2D eigenvalue weighted by molar-refractivity contribution is 0.395. The van der Waals surface area contributed by atoms with Crippen LogP contribution in [-0.4, -0.2) is 21.7 Å². The second kappa shape index (κ2) is 5.53. The third-order valence-corrected chi connectivity index (χ3v) is 2.56. The van der Waals surface area contributed by atoms with E-state index in [4.69, 9.17) is 4.74 Å². The van der Waals surface area contributed by atoms with Crippen molar-refractivity contribution in [3.05, 3.63) is 35.0 Å². The zero-order valence-corrected chi connectivity index (χ0v) is 9.70. The molecule has 2 aromatic rings. The van der Waals surface area contributed by atoms with Crippen LogP contribution >= 0.6 is 11.5 Å². The first-order chi connectivity index (χ1) is 7.88. The Hall–Kier alpha value is -1.53. The zero-order chi connectivity index (χ0) is 11.2. The van der Waals surface area contributed by atoms with Gasteiger partial charge >= 0.3 is 0 Å². The zero-order valence-electron chi connectivity index (χ0n) is 8.88. The molecule has 2 heterocycles. The molecule has 1 N–H and O–H groups in total. The smallest absolute Gasteiger partial charge is 0.213 e. The van der Waals surface area contributed by atoms with Gasteiger partial charge < -0.3 is 10.1 Å². The Bertz CT molecular complexity index is 432. The average Bonchev–Trinajstić information content (AvgIpc) is 2.82. The summed E-state index contributed by atoms with van der Waals surface area (Å²) < 4.78 is 8.84. The first-order valence-electron chi connectivity index (χ1n) is 4.85. The number of ether oxygens (including phenoxy) is 1. The quantitative estimate of drug-likeness (QED) is 0.846. The molecule has 0 saturated carbocycles. The predicted octanol–water partition coefficient (Wildman–Crippen LogP) is 1.23. The Morgan fingerprint density at radius 2 is 2.19 bits per heavy atom. The van der Waals surface area contributed by atoms with E-state index in [1.807, 2.05) is 23.6 Å². The lowest BCUT2D eigenvalue weighted by Crippen LogP contribution is -2.14. The van der Waals surface area contributed by atoms with Crippen molar-refractivity contribution in [1.82, 2.24) is 19.9 Å². The number of pyridine rings is 1. The van der Waals surface area contributed by atoms with E-state index in [9.17, 15) is 0 Å². The standard InChI is InChI=1S/C10H12N4OS/c1-15-10-4-2-3-8(12-10)5-11-6-9-7-16-14-13-9/h2-4,7,11H,5-6H2,1H3. The van der Waals surface area contributed by atoms with Gasteiger partial charge in [-0.05, 0) is 17.6 Å². The summed E-state index contributed by atoms with van der Waals surface area (Å²) in [5.74, 6) is 0.634. The molecule has 0 aliphatic carbocycles. The lowest BCUT2D eigenvalue weighted by Gasteiger charge is -2.04. The SMILES string of the molecule is COc1cccc(CNCc2csnn2)n1. The van der Waals surface area contributed by atoms with Crippen molar-refractivity contribution in [3.8, 4) is 5.88 Å². The fourth-order valence-electron chi connectivity index (χ4n) is 1.25. The van der Waals surface area contributed by atoms with Crippen LogP contribution in [0.15, 0.2) is 23.6 Å². The highest BCUT2D eigenvalue weighted by Crippen LogP contribution is 2.06. The van der Waals surface area contributed by atoms with E-state index >= 15 is 0 Å². The summed E-state index contributed by atoms with van der Waals surface area (Å²) in [5, 5.41) is 9.11. The van der Waals surface area contributed by atoms with Crippen molar-refractivity contribution in [3.63, 3.8) is 0 Å². The molecule has 0 aliphatic heterocycles. The molecule has 0 radical (unpaired) electrons. The molecule has 0 aliphatic rings. The number of nitrogens with one attached hydrogen (secondary N) is 1. The summed E-state index contributed by atoms with van der Waals surface area (Å²) in [6.45, 7) is 1.39. The molecule has 2 aromatic heterocycles. The van der Waals surface area contributed by atoms with Crippen molar-refractivity contribution < 1.29 is 4.74 Å². The van der Waals surface area contributed by atoms with Gasteiger partial charge in [0.25, 0.3) is 0 Å². The van der Waals surface area contributed by atoms with Crippen molar-refractivity contribution in [2.24, 2.45) is 0 Å². The predicted molar refractivity (Wildman–Crippen MR) is 61.2 cm³/mol. The molecule has 84 valence electrons. The summed E-state index contributed by atoms with van der Waals surface area (Å²) in [7, 11) is 1.61. The Morgan fingerprint density at radius 3 is 2.94 bits per heavy atom. The molecule has 0 spiro atoms. The van der Waals surface area contributed by atoms with Crippen LogP contribution in [0, 0.1) is 0 Å². The van der Waals surface area contributed by atoms with Crippen LogP contribution in [0.25, 0.3) is 0 Å².